The van der Waals surface area contributed by atoms with E-state index < -0.39 is 5.97 Å². The smallest absolute Gasteiger partial charge is 0.303 e. The highest BCUT2D eigenvalue weighted by molar-refractivity contribution is 5.86. The van der Waals surface area contributed by atoms with E-state index in [0.717, 1.165) is 42.5 Å². The second kappa shape index (κ2) is 8.32. The van der Waals surface area contributed by atoms with Gasteiger partial charge in [-0.15, -0.1) is 4.98 Å². The molecule has 0 amide bonds. The average molecular weight is 296 g/mol. The zero-order chi connectivity index (χ0) is 13.5. The number of fused-ring (bicyclic) bond motifs is 1. The van der Waals surface area contributed by atoms with Crippen molar-refractivity contribution >= 4 is 22.7 Å². The van der Waals surface area contributed by atoms with Crippen molar-refractivity contribution in [1.82, 2.24) is 4.98 Å². The van der Waals surface area contributed by atoms with Gasteiger partial charge in [0.25, 0.3) is 0 Å². The Hall–Kier alpha value is -1.88. The summed E-state index contributed by atoms with van der Waals surface area (Å²) in [4.78, 5) is 17.7. The number of carboxylic acid groups (broad SMARTS) is 1. The number of aliphatic carboxylic acids is 1. The molecule has 1 aromatic carbocycles. The Bertz CT molecular complexity index is 558. The van der Waals surface area contributed by atoms with E-state index >= 15 is 0 Å². The summed E-state index contributed by atoms with van der Waals surface area (Å²) in [5.74, 6) is 0.241. The Kier molecular flexibility index (Phi) is 6.73. The zero-order valence-electron chi connectivity index (χ0n) is 11.1. The highest BCUT2D eigenvalue weighted by Gasteiger charge is 2.07. The van der Waals surface area contributed by atoms with Crippen LogP contribution in [0.4, 0.5) is 5.82 Å². The van der Waals surface area contributed by atoms with Crippen molar-refractivity contribution in [1.29, 1.82) is 0 Å². The molecule has 0 radical (unpaired) electrons. The number of aromatic amines is 1. The number of carbonyl (C=O) groups is 1. The quantitative estimate of drug-likeness (QED) is 0.650. The van der Waals surface area contributed by atoms with Gasteiger partial charge in [-0.2, -0.15) is 0 Å². The van der Waals surface area contributed by atoms with E-state index in [1.807, 2.05) is 24.3 Å². The Labute approximate surface area is 123 Å². The van der Waals surface area contributed by atoms with Crippen molar-refractivity contribution in [2.45, 2.75) is 25.7 Å². The molecule has 0 fully saturated rings. The topological polar surface area (TPSA) is 76.4 Å². The maximum Gasteiger partial charge on any atom is 0.303 e. The van der Waals surface area contributed by atoms with Crippen LogP contribution in [0.15, 0.2) is 30.6 Å². The Morgan fingerprint density at radius 2 is 2.05 bits per heavy atom. The lowest BCUT2D eigenvalue weighted by atomic mass is 10.2. The van der Waals surface area contributed by atoms with Crippen molar-refractivity contribution in [3.8, 4) is 0 Å². The molecule has 1 aromatic heterocycles. The molecule has 0 aliphatic carbocycles. The van der Waals surface area contributed by atoms with E-state index in [4.69, 9.17) is 5.11 Å². The molecule has 0 atom stereocenters. The maximum absolute atomic E-state index is 10.4. The number of hydrogen-bond acceptors (Lipinski definition) is 3. The van der Waals surface area contributed by atoms with Gasteiger partial charge in [0, 0.05) is 6.42 Å². The average Bonchev–Trinajstić information content (AvgIpc) is 2.42. The third kappa shape index (κ3) is 4.66. The van der Waals surface area contributed by atoms with Gasteiger partial charge in [-0.3, -0.25) is 4.79 Å². The van der Waals surface area contributed by atoms with Gasteiger partial charge in [0.15, 0.2) is 5.52 Å². The van der Waals surface area contributed by atoms with Gasteiger partial charge in [-0.05, 0) is 31.4 Å². The zero-order valence-corrected chi connectivity index (χ0v) is 11.9. The largest absolute Gasteiger partial charge is 1.00 e. The minimum absolute atomic E-state index is 0. The summed E-state index contributed by atoms with van der Waals surface area (Å²) >= 11 is 0. The second-order valence-electron chi connectivity index (χ2n) is 4.43. The third-order valence-electron chi connectivity index (χ3n) is 2.96. The fourth-order valence-electron chi connectivity index (χ4n) is 1.98. The number of halogens is 1. The number of nitrogens with zero attached hydrogens (tertiary/aromatic N) is 1. The van der Waals surface area contributed by atoms with E-state index in [2.05, 4.69) is 15.3 Å². The summed E-state index contributed by atoms with van der Waals surface area (Å²) in [5.41, 5.74) is 0.953. The fourth-order valence-corrected chi connectivity index (χ4v) is 1.98. The lowest BCUT2D eigenvalue weighted by molar-refractivity contribution is -0.364. The molecule has 5 nitrogen and oxygen atoms in total. The summed E-state index contributed by atoms with van der Waals surface area (Å²) < 4.78 is 0. The Morgan fingerprint density at radius 1 is 1.25 bits per heavy atom. The molecule has 20 heavy (non-hydrogen) atoms. The van der Waals surface area contributed by atoms with Crippen LogP contribution >= 0.6 is 0 Å². The van der Waals surface area contributed by atoms with Crippen LogP contribution in [0, 0.1) is 0 Å². The number of nitrogens with one attached hydrogen (secondary N) is 2. The Balaban J connectivity index is 0.00000200. The van der Waals surface area contributed by atoms with Crippen molar-refractivity contribution < 1.29 is 27.3 Å². The number of para-hydroxylation sites is 1. The van der Waals surface area contributed by atoms with E-state index in [9.17, 15) is 4.79 Å². The molecule has 2 rings (SSSR count). The van der Waals surface area contributed by atoms with Gasteiger partial charge in [-0.1, -0.05) is 12.1 Å². The first-order chi connectivity index (χ1) is 9.27. The lowest BCUT2D eigenvalue weighted by Crippen LogP contribution is -3.00. The van der Waals surface area contributed by atoms with Gasteiger partial charge >= 0.3 is 5.97 Å². The summed E-state index contributed by atoms with van der Waals surface area (Å²) in [6.07, 6.45) is 4.54. The van der Waals surface area contributed by atoms with Crippen LogP contribution in [0.1, 0.15) is 25.7 Å². The number of unbranched alkanes of at least 4 members (excludes halogenated alkanes) is 2. The van der Waals surface area contributed by atoms with Crippen molar-refractivity contribution in [2.24, 2.45) is 0 Å². The number of hydrogen-bond donors (Lipinski definition) is 2. The molecule has 0 aliphatic heterocycles. The van der Waals surface area contributed by atoms with Crippen molar-refractivity contribution in [3.05, 3.63) is 30.6 Å². The molecular weight excluding hydrogens is 278 g/mol. The first kappa shape index (κ1) is 16.2. The van der Waals surface area contributed by atoms with Crippen LogP contribution in [0.3, 0.4) is 0 Å². The van der Waals surface area contributed by atoms with Crippen LogP contribution in [0.5, 0.6) is 0 Å². The molecule has 0 bridgehead atoms. The van der Waals surface area contributed by atoms with Crippen LogP contribution in [-0.4, -0.2) is 22.6 Å². The molecule has 0 spiro atoms. The normalized spacial score (nSPS) is 10.0. The van der Waals surface area contributed by atoms with Crippen LogP contribution in [0.25, 0.3) is 10.9 Å². The number of rotatable bonds is 7. The molecule has 1 heterocycles. The molecule has 0 unspecified atom stereocenters. The molecule has 2 aromatic rings. The third-order valence-corrected chi connectivity index (χ3v) is 2.96. The molecule has 0 aliphatic rings. The first-order valence-electron chi connectivity index (χ1n) is 6.48. The standard InChI is InChI=1S/C14H17N3O2.ClH/c18-13(19)8-2-1-5-9-15-14-11-6-3-4-7-12(11)16-10-17-14;/h3-4,6-7,10H,1-2,5,8-9H2,(H,18,19)(H,15,16,17);1H. The first-order valence-corrected chi connectivity index (χ1v) is 6.48. The number of anilines is 1. The predicted octanol–water partition coefficient (Wildman–Crippen LogP) is -0.890. The number of carboxylic acids is 1. The van der Waals surface area contributed by atoms with Crippen LogP contribution in [-0.2, 0) is 4.79 Å². The fraction of sp³-hybridized carbons (Fsp3) is 0.357. The van der Waals surface area contributed by atoms with Gasteiger partial charge < -0.3 is 22.8 Å². The molecule has 108 valence electrons. The van der Waals surface area contributed by atoms with Gasteiger partial charge in [0.05, 0.1) is 11.9 Å². The maximum atomic E-state index is 10.4. The second-order valence-corrected chi connectivity index (χ2v) is 4.43. The van der Waals surface area contributed by atoms with E-state index in [0.29, 0.717) is 0 Å². The van der Waals surface area contributed by atoms with Gasteiger partial charge in [-0.25, -0.2) is 4.98 Å². The van der Waals surface area contributed by atoms with Gasteiger partial charge in [0.2, 0.25) is 12.1 Å². The SMILES string of the molecule is O=C(O)CCCCCNc1[nH+]cnc2ccccc12.[Cl-]. The summed E-state index contributed by atoms with van der Waals surface area (Å²) in [6.45, 7) is 0.824. The Morgan fingerprint density at radius 3 is 2.85 bits per heavy atom. The highest BCUT2D eigenvalue weighted by Crippen LogP contribution is 2.15. The predicted molar refractivity (Wildman–Crippen MR) is 72.9 cm³/mol. The summed E-state index contributed by atoms with van der Waals surface area (Å²) in [5, 5.41) is 12.9. The lowest BCUT2D eigenvalue weighted by Gasteiger charge is -2.03. The molecule has 6 heteroatoms. The molecule has 3 N–H and O–H groups in total. The monoisotopic (exact) mass is 295 g/mol. The number of H-pyrrole nitrogens is 1. The van der Waals surface area contributed by atoms with Gasteiger partial charge in [0.1, 0.15) is 0 Å². The van der Waals surface area contributed by atoms with Crippen LogP contribution < -0.4 is 22.7 Å². The molecule has 0 saturated carbocycles. The van der Waals surface area contributed by atoms with E-state index in [1.54, 1.807) is 6.33 Å². The molecular formula is C14H18ClN3O2. The number of benzene rings is 1. The van der Waals surface area contributed by atoms with Crippen molar-refractivity contribution in [2.75, 3.05) is 11.9 Å². The summed E-state index contributed by atoms with van der Waals surface area (Å²) in [7, 11) is 0. The van der Waals surface area contributed by atoms with Crippen LogP contribution in [0.2, 0.25) is 0 Å². The van der Waals surface area contributed by atoms with E-state index in [-0.39, 0.29) is 18.8 Å². The highest BCUT2D eigenvalue weighted by atomic mass is 35.5. The van der Waals surface area contributed by atoms with E-state index in [1.165, 1.54) is 0 Å². The minimum atomic E-state index is -0.721. The minimum Gasteiger partial charge on any atom is -1.00 e. The molecule has 0 saturated heterocycles. The summed E-state index contributed by atoms with van der Waals surface area (Å²) in [6, 6.07) is 7.94. The number of aromatic nitrogens is 2. The van der Waals surface area contributed by atoms with Crippen molar-refractivity contribution in [3.63, 3.8) is 0 Å².